The predicted octanol–water partition coefficient (Wildman–Crippen LogP) is 7.29. The molecule has 2 amide bonds. The highest BCUT2D eigenvalue weighted by atomic mass is 35.5. The first kappa shape index (κ1) is 25.8. The summed E-state index contributed by atoms with van der Waals surface area (Å²) >= 11 is 30.9. The van der Waals surface area contributed by atoms with Gasteiger partial charge in [-0.1, -0.05) is 40.9 Å². The van der Waals surface area contributed by atoms with Gasteiger partial charge in [0.15, 0.2) is 5.82 Å². The summed E-state index contributed by atoms with van der Waals surface area (Å²) in [5, 5.41) is 5.63. The minimum Gasteiger partial charge on any atom is -0.395 e. The van der Waals surface area contributed by atoms with E-state index in [2.05, 4.69) is 10.6 Å². The number of nitrogens with two attached hydrogens (primary N) is 1. The molecule has 4 N–H and O–H groups in total. The van der Waals surface area contributed by atoms with Crippen LogP contribution >= 0.6 is 58.0 Å². The van der Waals surface area contributed by atoms with Crippen molar-refractivity contribution in [1.82, 2.24) is 0 Å². The molecular weight excluding hydrogens is 566 g/mol. The van der Waals surface area contributed by atoms with E-state index in [4.69, 9.17) is 63.7 Å². The third-order valence-corrected chi connectivity index (χ3v) is 7.47. The molecule has 0 radical (unpaired) electrons. The standard InChI is InChI=1S/C23H14Cl5F2N3O2/c24-13-4-2-11(8-12(13)21(34)33-17-7-10(29)6-16(30)20(17)31)32-22(35)19-18(23(19,27)28)9-1-3-14(25)15(26)5-9/h1-8,18-19H,31H2,(H,32,35)(H,33,34)/t18?,19-/m1/s1. The van der Waals surface area contributed by atoms with Crippen LogP contribution in [0.5, 0.6) is 0 Å². The third-order valence-electron chi connectivity index (χ3n) is 5.46. The van der Waals surface area contributed by atoms with Crippen LogP contribution in [-0.2, 0) is 4.79 Å². The highest BCUT2D eigenvalue weighted by Gasteiger charge is 2.67. The van der Waals surface area contributed by atoms with E-state index >= 15 is 0 Å². The van der Waals surface area contributed by atoms with E-state index in [-0.39, 0.29) is 22.0 Å². The van der Waals surface area contributed by atoms with Gasteiger partial charge in [0.1, 0.15) is 10.2 Å². The zero-order valence-corrected chi connectivity index (χ0v) is 21.1. The number of anilines is 3. The molecule has 0 spiro atoms. The lowest BCUT2D eigenvalue weighted by atomic mass is 10.1. The van der Waals surface area contributed by atoms with Crippen molar-refractivity contribution in [2.75, 3.05) is 16.4 Å². The lowest BCUT2D eigenvalue weighted by Gasteiger charge is -2.12. The van der Waals surface area contributed by atoms with Crippen molar-refractivity contribution in [2.24, 2.45) is 5.92 Å². The van der Waals surface area contributed by atoms with Gasteiger partial charge in [0.2, 0.25) is 5.91 Å². The molecule has 1 saturated carbocycles. The van der Waals surface area contributed by atoms with Crippen molar-refractivity contribution in [3.63, 3.8) is 0 Å². The second-order valence-corrected chi connectivity index (χ2v) is 10.5. The van der Waals surface area contributed by atoms with Gasteiger partial charge in [0.05, 0.1) is 37.9 Å². The van der Waals surface area contributed by atoms with E-state index < -0.39 is 45.3 Å². The van der Waals surface area contributed by atoms with Gasteiger partial charge in [0.25, 0.3) is 5.91 Å². The summed E-state index contributed by atoms with van der Waals surface area (Å²) in [6, 6.07) is 10.4. The van der Waals surface area contributed by atoms with Crippen molar-refractivity contribution in [3.8, 4) is 0 Å². The number of carbonyl (C=O) groups excluding carboxylic acids is 2. The minimum absolute atomic E-state index is 0.0279. The number of hydrogen-bond acceptors (Lipinski definition) is 3. The lowest BCUT2D eigenvalue weighted by Crippen LogP contribution is -2.18. The van der Waals surface area contributed by atoms with Crippen LogP contribution in [0, 0.1) is 17.6 Å². The Hall–Kier alpha value is -2.29. The SMILES string of the molecule is Nc1c(F)cc(F)cc1NC(=O)c1cc(NC(=O)[C@H]2C(c3ccc(Cl)c(Cl)c3)C2(Cl)Cl)ccc1Cl. The normalized spacial score (nSPS) is 18.1. The zero-order chi connectivity index (χ0) is 25.7. The van der Waals surface area contributed by atoms with Crippen LogP contribution in [0.3, 0.4) is 0 Å². The van der Waals surface area contributed by atoms with Crippen LogP contribution in [-0.4, -0.2) is 16.1 Å². The number of hydrogen-bond donors (Lipinski definition) is 3. The van der Waals surface area contributed by atoms with Crippen LogP contribution in [0.1, 0.15) is 21.8 Å². The molecule has 1 aliphatic rings. The average molecular weight is 580 g/mol. The Labute approximate surface area is 223 Å². The molecule has 0 aromatic heterocycles. The third kappa shape index (κ3) is 5.15. The molecule has 2 atom stereocenters. The first-order valence-corrected chi connectivity index (χ1v) is 11.8. The van der Waals surface area contributed by atoms with Crippen LogP contribution < -0.4 is 16.4 Å². The summed E-state index contributed by atoms with van der Waals surface area (Å²) in [6.07, 6.45) is 0. The van der Waals surface area contributed by atoms with Crippen molar-refractivity contribution >= 4 is 86.9 Å². The molecule has 12 heteroatoms. The molecule has 0 bridgehead atoms. The molecule has 4 rings (SSSR count). The zero-order valence-electron chi connectivity index (χ0n) is 17.3. The molecule has 5 nitrogen and oxygen atoms in total. The summed E-state index contributed by atoms with van der Waals surface area (Å²) < 4.78 is 25.8. The Kier molecular flexibility index (Phi) is 7.10. The van der Waals surface area contributed by atoms with Crippen molar-refractivity contribution in [1.29, 1.82) is 0 Å². The topological polar surface area (TPSA) is 84.2 Å². The maximum absolute atomic E-state index is 13.7. The van der Waals surface area contributed by atoms with Gasteiger partial charge in [-0.15, -0.1) is 23.2 Å². The predicted molar refractivity (Wildman–Crippen MR) is 136 cm³/mol. The molecule has 35 heavy (non-hydrogen) atoms. The number of nitrogens with one attached hydrogen (secondary N) is 2. The summed E-state index contributed by atoms with van der Waals surface area (Å²) in [6.45, 7) is 0. The van der Waals surface area contributed by atoms with Gasteiger partial charge >= 0.3 is 0 Å². The Morgan fingerprint density at radius 1 is 0.886 bits per heavy atom. The largest absolute Gasteiger partial charge is 0.395 e. The average Bonchev–Trinajstić information content (AvgIpc) is 3.36. The fourth-order valence-corrected chi connectivity index (χ4v) is 4.99. The van der Waals surface area contributed by atoms with E-state index in [9.17, 15) is 18.4 Å². The fraction of sp³-hybridized carbons (Fsp3) is 0.130. The molecule has 0 aliphatic heterocycles. The van der Waals surface area contributed by atoms with Crippen LogP contribution in [0.15, 0.2) is 48.5 Å². The number of benzene rings is 3. The number of rotatable bonds is 5. The van der Waals surface area contributed by atoms with Crippen LogP contribution in [0.4, 0.5) is 25.8 Å². The quantitative estimate of drug-likeness (QED) is 0.219. The fourth-order valence-electron chi connectivity index (χ4n) is 3.65. The van der Waals surface area contributed by atoms with Gasteiger partial charge in [-0.25, -0.2) is 8.78 Å². The lowest BCUT2D eigenvalue weighted by molar-refractivity contribution is -0.117. The van der Waals surface area contributed by atoms with Crippen LogP contribution in [0.25, 0.3) is 0 Å². The molecule has 3 aromatic rings. The summed E-state index contributed by atoms with van der Waals surface area (Å²) in [4.78, 5) is 25.6. The van der Waals surface area contributed by atoms with Crippen molar-refractivity contribution < 1.29 is 18.4 Å². The second kappa shape index (κ2) is 9.64. The number of nitrogen functional groups attached to an aromatic ring is 1. The molecule has 182 valence electrons. The molecule has 0 saturated heterocycles. The molecular formula is C23H14Cl5F2N3O2. The van der Waals surface area contributed by atoms with Crippen molar-refractivity contribution in [2.45, 2.75) is 10.3 Å². The van der Waals surface area contributed by atoms with E-state index in [1.165, 1.54) is 18.2 Å². The summed E-state index contributed by atoms with van der Waals surface area (Å²) in [7, 11) is 0. The molecule has 1 unspecified atom stereocenters. The second-order valence-electron chi connectivity index (χ2n) is 7.79. The summed E-state index contributed by atoms with van der Waals surface area (Å²) in [5.41, 5.74) is 5.64. The van der Waals surface area contributed by atoms with E-state index in [1.807, 2.05) is 0 Å². The maximum atomic E-state index is 13.7. The number of halogens is 7. The Balaban J connectivity index is 1.52. The van der Waals surface area contributed by atoms with E-state index in [0.29, 0.717) is 21.7 Å². The Morgan fingerprint density at radius 3 is 2.26 bits per heavy atom. The molecule has 3 aromatic carbocycles. The first-order chi connectivity index (χ1) is 16.4. The molecule has 1 aliphatic carbocycles. The van der Waals surface area contributed by atoms with E-state index in [0.717, 1.165) is 6.07 Å². The number of amides is 2. The minimum atomic E-state index is -1.38. The van der Waals surface area contributed by atoms with Gasteiger partial charge in [-0.3, -0.25) is 9.59 Å². The molecule has 1 fully saturated rings. The van der Waals surface area contributed by atoms with Gasteiger partial charge < -0.3 is 16.4 Å². The van der Waals surface area contributed by atoms with Crippen LogP contribution in [0.2, 0.25) is 15.1 Å². The first-order valence-electron chi connectivity index (χ1n) is 9.89. The monoisotopic (exact) mass is 577 g/mol. The number of alkyl halides is 2. The maximum Gasteiger partial charge on any atom is 0.257 e. The number of carbonyl (C=O) groups is 2. The highest BCUT2D eigenvalue weighted by molar-refractivity contribution is 6.53. The van der Waals surface area contributed by atoms with Gasteiger partial charge in [0, 0.05) is 17.7 Å². The van der Waals surface area contributed by atoms with E-state index in [1.54, 1.807) is 18.2 Å². The molecule has 0 heterocycles. The Bertz CT molecular complexity index is 1370. The van der Waals surface area contributed by atoms with Gasteiger partial charge in [-0.2, -0.15) is 0 Å². The smallest absolute Gasteiger partial charge is 0.257 e. The highest BCUT2D eigenvalue weighted by Crippen LogP contribution is 2.65. The Morgan fingerprint density at radius 2 is 1.57 bits per heavy atom. The van der Waals surface area contributed by atoms with Crippen molar-refractivity contribution in [3.05, 3.63) is 86.4 Å². The summed E-state index contributed by atoms with van der Waals surface area (Å²) in [5.74, 6) is -4.61. The van der Waals surface area contributed by atoms with Gasteiger partial charge in [-0.05, 0) is 42.0 Å².